The van der Waals surface area contributed by atoms with Gasteiger partial charge in [0.05, 0.1) is 20.5 Å². The zero-order valence-corrected chi connectivity index (χ0v) is 20.2. The van der Waals surface area contributed by atoms with Crippen molar-refractivity contribution in [2.75, 3.05) is 33.2 Å². The second kappa shape index (κ2) is 10.0. The minimum absolute atomic E-state index is 0.0923. The number of likely N-dealkylation sites (tertiary alicyclic amines) is 1. The molecule has 1 fully saturated rings. The van der Waals surface area contributed by atoms with Gasteiger partial charge in [-0.2, -0.15) is 0 Å². The average molecular weight is 499 g/mol. The summed E-state index contributed by atoms with van der Waals surface area (Å²) in [6.07, 6.45) is 3.66. The van der Waals surface area contributed by atoms with Crippen molar-refractivity contribution >= 4 is 52.6 Å². The standard InChI is InChI=1S/C21H27ClN4O4S2/c1-25-6-4-12-8-17(31-15(12)5-7-25)20(28)26-11-13(9-14(26)10-23-21(29)30)24-19(27)16-2-3-18(22)32-16/h3,8,13-14,16,23H,2,4-7,9-11H2,1H3,(H,24,27)(H,29,30)/t13-,14+,16?/m1/s1. The molecule has 8 nitrogen and oxygen atoms in total. The normalized spacial score (nSPS) is 25.8. The van der Waals surface area contributed by atoms with Crippen LogP contribution in [0.4, 0.5) is 4.79 Å². The predicted octanol–water partition coefficient (Wildman–Crippen LogP) is 2.33. The van der Waals surface area contributed by atoms with Crippen LogP contribution in [0.3, 0.4) is 0 Å². The predicted molar refractivity (Wildman–Crippen MR) is 127 cm³/mol. The first-order valence-electron chi connectivity index (χ1n) is 10.7. The van der Waals surface area contributed by atoms with Crippen LogP contribution < -0.4 is 10.6 Å². The molecule has 0 radical (unpaired) electrons. The molecule has 174 valence electrons. The molecule has 3 atom stereocenters. The number of fused-ring (bicyclic) bond motifs is 1. The van der Waals surface area contributed by atoms with Gasteiger partial charge in [-0.1, -0.05) is 17.7 Å². The highest BCUT2D eigenvalue weighted by Crippen LogP contribution is 2.35. The Kier molecular flexibility index (Phi) is 7.34. The lowest BCUT2D eigenvalue weighted by Crippen LogP contribution is -2.43. The van der Waals surface area contributed by atoms with Crippen LogP contribution in [0.25, 0.3) is 0 Å². The van der Waals surface area contributed by atoms with E-state index >= 15 is 0 Å². The maximum Gasteiger partial charge on any atom is 0.404 e. The lowest BCUT2D eigenvalue weighted by Gasteiger charge is -2.23. The number of rotatable bonds is 5. The molecular weight excluding hydrogens is 472 g/mol. The number of allylic oxidation sites excluding steroid dienone is 1. The summed E-state index contributed by atoms with van der Waals surface area (Å²) in [6, 6.07) is 1.46. The minimum atomic E-state index is -1.13. The molecule has 3 N–H and O–H groups in total. The van der Waals surface area contributed by atoms with Crippen molar-refractivity contribution in [3.05, 3.63) is 31.8 Å². The van der Waals surface area contributed by atoms with Crippen LogP contribution in [-0.4, -0.2) is 83.4 Å². The van der Waals surface area contributed by atoms with Crippen LogP contribution in [0, 0.1) is 0 Å². The number of amides is 3. The summed E-state index contributed by atoms with van der Waals surface area (Å²) in [5.74, 6) is -0.191. The number of carboxylic acid groups (broad SMARTS) is 1. The number of hydrogen-bond acceptors (Lipinski definition) is 6. The molecule has 0 spiro atoms. The van der Waals surface area contributed by atoms with Crippen molar-refractivity contribution in [2.24, 2.45) is 0 Å². The smallest absolute Gasteiger partial charge is 0.404 e. The van der Waals surface area contributed by atoms with Crippen molar-refractivity contribution in [1.82, 2.24) is 20.4 Å². The topological polar surface area (TPSA) is 102 Å². The van der Waals surface area contributed by atoms with Crippen molar-refractivity contribution in [2.45, 2.75) is 43.0 Å². The van der Waals surface area contributed by atoms with E-state index in [0.717, 1.165) is 25.9 Å². The Bertz CT molecular complexity index is 911. The highest BCUT2D eigenvalue weighted by Gasteiger charge is 2.38. The van der Waals surface area contributed by atoms with Gasteiger partial charge in [0.2, 0.25) is 5.91 Å². The maximum absolute atomic E-state index is 13.4. The van der Waals surface area contributed by atoms with Crippen molar-refractivity contribution in [3.8, 4) is 0 Å². The summed E-state index contributed by atoms with van der Waals surface area (Å²) in [5.41, 5.74) is 1.23. The molecule has 1 saturated heterocycles. The van der Waals surface area contributed by atoms with Gasteiger partial charge in [0, 0.05) is 37.1 Å². The van der Waals surface area contributed by atoms with Crippen LogP contribution >= 0.6 is 34.7 Å². The number of halogens is 1. The zero-order valence-electron chi connectivity index (χ0n) is 17.8. The summed E-state index contributed by atoms with van der Waals surface area (Å²) in [4.78, 5) is 43.0. The van der Waals surface area contributed by atoms with Gasteiger partial charge in [0.25, 0.3) is 5.91 Å². The van der Waals surface area contributed by atoms with Crippen molar-refractivity contribution < 1.29 is 19.5 Å². The Labute approximate surface area is 200 Å². The van der Waals surface area contributed by atoms with E-state index in [2.05, 4.69) is 22.6 Å². The third-order valence-corrected chi connectivity index (χ3v) is 8.87. The van der Waals surface area contributed by atoms with E-state index in [9.17, 15) is 14.4 Å². The van der Waals surface area contributed by atoms with E-state index in [1.54, 1.807) is 16.2 Å². The maximum atomic E-state index is 13.4. The summed E-state index contributed by atoms with van der Waals surface area (Å²) in [6.45, 7) is 2.44. The Morgan fingerprint density at radius 2 is 2.06 bits per heavy atom. The highest BCUT2D eigenvalue weighted by molar-refractivity contribution is 8.06. The van der Waals surface area contributed by atoms with Gasteiger partial charge in [0.1, 0.15) is 0 Å². The second-order valence-corrected chi connectivity index (χ2v) is 11.5. The molecule has 4 rings (SSSR count). The number of nitrogens with zero attached hydrogens (tertiary/aromatic N) is 2. The molecule has 0 aliphatic carbocycles. The second-order valence-electron chi connectivity index (χ2n) is 8.45. The Morgan fingerprint density at radius 3 is 2.78 bits per heavy atom. The molecule has 1 aromatic rings. The van der Waals surface area contributed by atoms with Gasteiger partial charge < -0.3 is 25.5 Å². The Hall–Kier alpha value is -1.75. The summed E-state index contributed by atoms with van der Waals surface area (Å²) in [7, 11) is 2.11. The highest BCUT2D eigenvalue weighted by atomic mass is 35.5. The van der Waals surface area contributed by atoms with Gasteiger partial charge in [0.15, 0.2) is 0 Å². The molecule has 3 amide bonds. The molecule has 32 heavy (non-hydrogen) atoms. The van der Waals surface area contributed by atoms with Gasteiger partial charge >= 0.3 is 6.09 Å². The number of carbonyl (C=O) groups excluding carboxylic acids is 2. The number of thiophene rings is 1. The van der Waals surface area contributed by atoms with E-state index in [0.29, 0.717) is 28.6 Å². The minimum Gasteiger partial charge on any atom is -0.465 e. The van der Waals surface area contributed by atoms with E-state index in [1.165, 1.54) is 22.2 Å². The molecule has 1 unspecified atom stereocenters. The first kappa shape index (κ1) is 23.4. The molecule has 1 aromatic heterocycles. The zero-order chi connectivity index (χ0) is 22.8. The monoisotopic (exact) mass is 498 g/mol. The Balaban J connectivity index is 1.45. The molecule has 0 aromatic carbocycles. The average Bonchev–Trinajstić information content (AvgIpc) is 3.44. The van der Waals surface area contributed by atoms with E-state index in [4.69, 9.17) is 16.7 Å². The van der Waals surface area contributed by atoms with Crippen molar-refractivity contribution in [3.63, 3.8) is 0 Å². The van der Waals surface area contributed by atoms with Gasteiger partial charge in [-0.05, 0) is 44.4 Å². The molecular formula is C21H27ClN4O4S2. The molecule has 11 heteroatoms. The van der Waals surface area contributed by atoms with E-state index < -0.39 is 6.09 Å². The van der Waals surface area contributed by atoms with Gasteiger partial charge in [-0.15, -0.1) is 23.1 Å². The number of thioether (sulfide) groups is 1. The number of hydrogen-bond donors (Lipinski definition) is 3. The lowest BCUT2D eigenvalue weighted by molar-refractivity contribution is -0.121. The summed E-state index contributed by atoms with van der Waals surface area (Å²) >= 11 is 8.86. The van der Waals surface area contributed by atoms with Crippen LogP contribution in [0.5, 0.6) is 0 Å². The molecule has 4 heterocycles. The number of nitrogens with one attached hydrogen (secondary N) is 2. The van der Waals surface area contributed by atoms with E-state index in [1.807, 2.05) is 12.1 Å². The molecule has 0 bridgehead atoms. The largest absolute Gasteiger partial charge is 0.465 e. The van der Waals surface area contributed by atoms with Crippen LogP contribution in [-0.2, 0) is 17.6 Å². The fourth-order valence-electron chi connectivity index (χ4n) is 4.41. The third kappa shape index (κ3) is 5.41. The summed E-state index contributed by atoms with van der Waals surface area (Å²) in [5, 5.41) is 14.2. The van der Waals surface area contributed by atoms with Crippen LogP contribution in [0.15, 0.2) is 16.5 Å². The quantitative estimate of drug-likeness (QED) is 0.576. The summed E-state index contributed by atoms with van der Waals surface area (Å²) < 4.78 is 0.626. The first-order valence-corrected chi connectivity index (χ1v) is 12.8. The van der Waals surface area contributed by atoms with Gasteiger partial charge in [-0.3, -0.25) is 9.59 Å². The lowest BCUT2D eigenvalue weighted by atomic mass is 10.1. The van der Waals surface area contributed by atoms with Crippen LogP contribution in [0.2, 0.25) is 0 Å². The first-order chi connectivity index (χ1) is 15.3. The number of carbonyl (C=O) groups is 3. The third-order valence-electron chi connectivity index (χ3n) is 6.14. The molecule has 0 saturated carbocycles. The van der Waals surface area contributed by atoms with Crippen LogP contribution in [0.1, 0.15) is 33.0 Å². The fraction of sp³-hybridized carbons (Fsp3) is 0.571. The SMILES string of the molecule is CN1CCc2cc(C(=O)N3C[C@H](NC(=O)C4CC=C(Cl)S4)C[C@H]3CNC(=O)O)sc2CC1. The van der Waals surface area contributed by atoms with E-state index in [-0.39, 0.29) is 35.7 Å². The van der Waals surface area contributed by atoms with Gasteiger partial charge in [-0.25, -0.2) is 4.79 Å². The Morgan fingerprint density at radius 1 is 1.28 bits per heavy atom. The molecule has 3 aliphatic heterocycles. The fourth-order valence-corrected chi connectivity index (χ4v) is 6.81. The molecule has 3 aliphatic rings. The van der Waals surface area contributed by atoms with Crippen molar-refractivity contribution in [1.29, 1.82) is 0 Å². The number of likely N-dealkylation sites (N-methyl/N-ethyl adjacent to an activating group) is 1.